The summed E-state index contributed by atoms with van der Waals surface area (Å²) in [4.78, 5) is 22.8. The first-order valence-corrected chi connectivity index (χ1v) is 8.14. The van der Waals surface area contributed by atoms with Gasteiger partial charge in [0.05, 0.1) is 12.8 Å². The number of rotatable bonds is 5. The van der Waals surface area contributed by atoms with Crippen molar-refractivity contribution in [2.24, 2.45) is 5.73 Å². The van der Waals surface area contributed by atoms with E-state index in [1.54, 1.807) is 7.11 Å². The minimum Gasteiger partial charge on any atom is -0.495 e. The van der Waals surface area contributed by atoms with Crippen LogP contribution in [0.5, 0.6) is 5.75 Å². The van der Waals surface area contributed by atoms with Crippen molar-refractivity contribution in [3.05, 3.63) is 36.0 Å². The van der Waals surface area contributed by atoms with Crippen LogP contribution in [-0.4, -0.2) is 48.7 Å². The Morgan fingerprint density at radius 2 is 2.19 bits per heavy atom. The molecule has 1 atom stereocenters. The lowest BCUT2D eigenvalue weighted by atomic mass is 10.2. The molecule has 3 rings (SSSR count). The van der Waals surface area contributed by atoms with E-state index in [-0.39, 0.29) is 24.0 Å². The molecule has 4 N–H and O–H groups in total. The smallest absolute Gasteiger partial charge is 0.254 e. The Hall–Kier alpha value is -2.58. The van der Waals surface area contributed by atoms with Gasteiger partial charge in [-0.25, -0.2) is 4.98 Å². The highest BCUT2D eigenvalue weighted by Crippen LogP contribution is 2.28. The van der Waals surface area contributed by atoms with Crippen molar-refractivity contribution >= 4 is 35.8 Å². The van der Waals surface area contributed by atoms with Crippen LogP contribution in [0.3, 0.4) is 0 Å². The molecule has 140 valence electrons. The highest BCUT2D eigenvalue weighted by atomic mass is 35.5. The standard InChI is InChI=1S/C17H22N6O2.ClH/c1-11-9-19-7-8-23(11)17-20-10-12(15(18)24)16(22-17)21-13-5-3-4-6-14(13)25-2;/h3-6,10-11,19H,7-9H2,1-2H3,(H2,18,24)(H,20,21,22);1H. The van der Waals surface area contributed by atoms with Gasteiger partial charge in [-0.1, -0.05) is 12.1 Å². The topological polar surface area (TPSA) is 105 Å². The molecule has 8 nitrogen and oxygen atoms in total. The summed E-state index contributed by atoms with van der Waals surface area (Å²) in [6.07, 6.45) is 1.47. The minimum absolute atomic E-state index is 0. The van der Waals surface area contributed by atoms with Gasteiger partial charge in [-0.2, -0.15) is 4.98 Å². The molecule has 0 saturated carbocycles. The molecule has 0 radical (unpaired) electrons. The zero-order valence-electron chi connectivity index (χ0n) is 14.7. The second-order valence-corrected chi connectivity index (χ2v) is 5.87. The van der Waals surface area contributed by atoms with Crippen LogP contribution >= 0.6 is 12.4 Å². The molecule has 1 unspecified atom stereocenters. The van der Waals surface area contributed by atoms with Crippen molar-refractivity contribution in [1.29, 1.82) is 0 Å². The Balaban J connectivity index is 0.00000243. The van der Waals surface area contributed by atoms with Gasteiger partial charge in [0.15, 0.2) is 0 Å². The summed E-state index contributed by atoms with van der Waals surface area (Å²) in [7, 11) is 1.59. The number of nitrogens with zero attached hydrogens (tertiary/aromatic N) is 3. The van der Waals surface area contributed by atoms with Crippen molar-refractivity contribution in [3.63, 3.8) is 0 Å². The molecule has 1 aliphatic rings. The number of hydrogen-bond acceptors (Lipinski definition) is 7. The van der Waals surface area contributed by atoms with Gasteiger partial charge in [-0.05, 0) is 19.1 Å². The van der Waals surface area contributed by atoms with Crippen LogP contribution in [-0.2, 0) is 0 Å². The molecule has 0 aliphatic carbocycles. The number of hydrogen-bond donors (Lipinski definition) is 3. The Bertz CT molecular complexity index is 773. The van der Waals surface area contributed by atoms with E-state index in [0.29, 0.717) is 23.2 Å². The first kappa shape index (κ1) is 19.7. The molecule has 9 heteroatoms. The summed E-state index contributed by atoms with van der Waals surface area (Å²) < 4.78 is 5.34. The largest absolute Gasteiger partial charge is 0.495 e. The number of halogens is 1. The summed E-state index contributed by atoms with van der Waals surface area (Å²) >= 11 is 0. The molecule has 26 heavy (non-hydrogen) atoms. The Kier molecular flexibility index (Phi) is 6.59. The lowest BCUT2D eigenvalue weighted by Gasteiger charge is -2.34. The molecule has 2 heterocycles. The van der Waals surface area contributed by atoms with Gasteiger partial charge in [-0.15, -0.1) is 12.4 Å². The van der Waals surface area contributed by atoms with Crippen LogP contribution in [0.4, 0.5) is 17.5 Å². The van der Waals surface area contributed by atoms with E-state index in [2.05, 4.69) is 32.4 Å². The van der Waals surface area contributed by atoms with Crippen LogP contribution in [0.2, 0.25) is 0 Å². The molecule has 2 aromatic rings. The Morgan fingerprint density at radius 1 is 1.42 bits per heavy atom. The second kappa shape index (κ2) is 8.68. The molecular formula is C17H23ClN6O2. The summed E-state index contributed by atoms with van der Waals surface area (Å²) in [5.74, 6) is 0.995. The van der Waals surface area contributed by atoms with E-state index in [1.165, 1.54) is 6.20 Å². The third-order valence-corrected chi connectivity index (χ3v) is 4.16. The molecular weight excluding hydrogens is 356 g/mol. The number of ether oxygens (including phenoxy) is 1. The zero-order chi connectivity index (χ0) is 17.8. The minimum atomic E-state index is -0.586. The van der Waals surface area contributed by atoms with E-state index < -0.39 is 5.91 Å². The summed E-state index contributed by atoms with van der Waals surface area (Å²) in [6, 6.07) is 7.67. The van der Waals surface area contributed by atoms with Crippen LogP contribution in [0.1, 0.15) is 17.3 Å². The van der Waals surface area contributed by atoms with Crippen molar-refractivity contribution in [2.75, 3.05) is 37.0 Å². The number of para-hydroxylation sites is 2. The van der Waals surface area contributed by atoms with Crippen LogP contribution in [0, 0.1) is 0 Å². The highest BCUT2D eigenvalue weighted by Gasteiger charge is 2.22. The summed E-state index contributed by atoms with van der Waals surface area (Å²) in [5, 5.41) is 6.48. The molecule has 1 fully saturated rings. The maximum Gasteiger partial charge on any atom is 0.254 e. The van der Waals surface area contributed by atoms with E-state index in [9.17, 15) is 4.79 Å². The molecule has 1 aromatic heterocycles. The Labute approximate surface area is 158 Å². The fourth-order valence-electron chi connectivity index (χ4n) is 2.80. The van der Waals surface area contributed by atoms with Crippen LogP contribution in [0.25, 0.3) is 0 Å². The maximum absolute atomic E-state index is 11.8. The first-order chi connectivity index (χ1) is 12.1. The van der Waals surface area contributed by atoms with Gasteiger partial charge >= 0.3 is 0 Å². The van der Waals surface area contributed by atoms with Crippen LogP contribution in [0.15, 0.2) is 30.5 Å². The number of amides is 1. The predicted octanol–water partition coefficient (Wildman–Crippen LogP) is 1.55. The first-order valence-electron chi connectivity index (χ1n) is 8.14. The van der Waals surface area contributed by atoms with E-state index in [0.717, 1.165) is 19.6 Å². The number of methoxy groups -OCH3 is 1. The number of carbonyl (C=O) groups excluding carboxylic acids is 1. The van der Waals surface area contributed by atoms with Gasteiger partial charge in [0.1, 0.15) is 17.1 Å². The number of nitrogens with one attached hydrogen (secondary N) is 2. The number of aromatic nitrogens is 2. The quantitative estimate of drug-likeness (QED) is 0.724. The molecule has 0 bridgehead atoms. The van der Waals surface area contributed by atoms with Crippen molar-refractivity contribution in [2.45, 2.75) is 13.0 Å². The molecule has 1 aliphatic heterocycles. The maximum atomic E-state index is 11.8. The SMILES string of the molecule is COc1ccccc1Nc1nc(N2CCNCC2C)ncc1C(N)=O.Cl. The summed E-state index contributed by atoms with van der Waals surface area (Å²) in [6.45, 7) is 4.62. The van der Waals surface area contributed by atoms with E-state index in [4.69, 9.17) is 10.5 Å². The lowest BCUT2D eigenvalue weighted by molar-refractivity contribution is 0.100. The van der Waals surface area contributed by atoms with Gasteiger partial charge in [-0.3, -0.25) is 4.79 Å². The van der Waals surface area contributed by atoms with Gasteiger partial charge in [0.25, 0.3) is 5.91 Å². The third-order valence-electron chi connectivity index (χ3n) is 4.16. The molecule has 1 saturated heterocycles. The van der Waals surface area contributed by atoms with Gasteiger partial charge < -0.3 is 26.0 Å². The monoisotopic (exact) mass is 378 g/mol. The van der Waals surface area contributed by atoms with Crippen LogP contribution < -0.4 is 26.0 Å². The van der Waals surface area contributed by atoms with E-state index in [1.807, 2.05) is 24.3 Å². The predicted molar refractivity (Wildman–Crippen MR) is 104 cm³/mol. The average Bonchev–Trinajstić information content (AvgIpc) is 2.62. The number of nitrogens with two attached hydrogens (primary N) is 1. The number of anilines is 3. The number of piperazine rings is 1. The Morgan fingerprint density at radius 3 is 2.88 bits per heavy atom. The van der Waals surface area contributed by atoms with Gasteiger partial charge in [0.2, 0.25) is 5.95 Å². The number of benzene rings is 1. The fourth-order valence-corrected chi connectivity index (χ4v) is 2.80. The third kappa shape index (κ3) is 4.14. The van der Waals surface area contributed by atoms with E-state index >= 15 is 0 Å². The normalized spacial score (nSPS) is 16.5. The van der Waals surface area contributed by atoms with Crippen molar-refractivity contribution in [1.82, 2.24) is 15.3 Å². The average molecular weight is 379 g/mol. The zero-order valence-corrected chi connectivity index (χ0v) is 15.5. The van der Waals surface area contributed by atoms with Crippen molar-refractivity contribution in [3.8, 4) is 5.75 Å². The molecule has 1 aromatic carbocycles. The number of primary amides is 1. The highest BCUT2D eigenvalue weighted by molar-refractivity contribution is 5.98. The number of carbonyl (C=O) groups is 1. The molecule has 1 amide bonds. The summed E-state index contributed by atoms with van der Waals surface area (Å²) in [5.41, 5.74) is 6.41. The second-order valence-electron chi connectivity index (χ2n) is 5.87. The van der Waals surface area contributed by atoms with Crippen molar-refractivity contribution < 1.29 is 9.53 Å². The lowest BCUT2D eigenvalue weighted by Crippen LogP contribution is -2.50. The van der Waals surface area contributed by atoms with Gasteiger partial charge in [0, 0.05) is 31.9 Å². The fraction of sp³-hybridized carbons (Fsp3) is 0.353. The molecule has 0 spiro atoms.